The maximum atomic E-state index is 12.5. The number of nitrogens with zero attached hydrogens (tertiary/aromatic N) is 2. The number of aryl methyl sites for hydroxylation is 2. The average Bonchev–Trinajstić information content (AvgIpc) is 3.49. The van der Waals surface area contributed by atoms with E-state index in [1.807, 2.05) is 6.07 Å². The van der Waals surface area contributed by atoms with Crippen LogP contribution in [0.25, 0.3) is 0 Å². The standard InChI is InChI=1S/C21H28N4O3S/c1-2-3-12-21(24-25-21)13-15-22-20(26)9-6-14-23-29(27,28)19-11-10-17-7-4-5-8-18(17)16-19/h1,10-11,16,23H,3-9,12-15H2,(H,22,26). The summed E-state index contributed by atoms with van der Waals surface area (Å²) < 4.78 is 27.6. The molecule has 8 heteroatoms. The molecule has 1 aliphatic heterocycles. The summed E-state index contributed by atoms with van der Waals surface area (Å²) in [5, 5.41) is 10.9. The van der Waals surface area contributed by atoms with Gasteiger partial charge in [-0.1, -0.05) is 6.07 Å². The van der Waals surface area contributed by atoms with Gasteiger partial charge in [0.05, 0.1) is 4.90 Å². The molecule has 0 aromatic heterocycles. The topological polar surface area (TPSA) is 100.0 Å². The molecule has 1 heterocycles. The Morgan fingerprint density at radius 2 is 1.90 bits per heavy atom. The number of hydrogen-bond donors (Lipinski definition) is 2. The molecule has 1 aromatic rings. The fourth-order valence-corrected chi connectivity index (χ4v) is 4.70. The summed E-state index contributed by atoms with van der Waals surface area (Å²) in [5.74, 6) is 2.47. The molecule has 0 spiro atoms. The van der Waals surface area contributed by atoms with Crippen LogP contribution in [0.5, 0.6) is 0 Å². The molecule has 1 aliphatic carbocycles. The van der Waals surface area contributed by atoms with Gasteiger partial charge < -0.3 is 5.32 Å². The number of carbonyl (C=O) groups excluding carboxylic acids is 1. The highest BCUT2D eigenvalue weighted by atomic mass is 32.2. The van der Waals surface area contributed by atoms with Crippen LogP contribution in [0.1, 0.15) is 56.1 Å². The Kier molecular flexibility index (Phi) is 7.04. The van der Waals surface area contributed by atoms with E-state index >= 15 is 0 Å². The molecule has 2 aliphatic rings. The lowest BCUT2D eigenvalue weighted by molar-refractivity contribution is -0.121. The third-order valence-electron chi connectivity index (χ3n) is 5.40. The molecule has 2 N–H and O–H groups in total. The van der Waals surface area contributed by atoms with Crippen molar-refractivity contribution < 1.29 is 13.2 Å². The second-order valence-corrected chi connectivity index (χ2v) is 9.39. The number of amides is 1. The van der Waals surface area contributed by atoms with Crippen LogP contribution in [0.15, 0.2) is 33.3 Å². The third-order valence-corrected chi connectivity index (χ3v) is 6.86. The lowest BCUT2D eigenvalue weighted by Gasteiger charge is -2.16. The van der Waals surface area contributed by atoms with Gasteiger partial charge in [0.15, 0.2) is 5.66 Å². The van der Waals surface area contributed by atoms with E-state index in [1.54, 1.807) is 12.1 Å². The van der Waals surface area contributed by atoms with Crippen molar-refractivity contribution in [2.75, 3.05) is 13.1 Å². The average molecular weight is 417 g/mol. The first-order valence-corrected chi connectivity index (χ1v) is 11.7. The summed E-state index contributed by atoms with van der Waals surface area (Å²) in [6.07, 6.45) is 12.1. The van der Waals surface area contributed by atoms with Gasteiger partial charge in [0.2, 0.25) is 15.9 Å². The summed E-state index contributed by atoms with van der Waals surface area (Å²) in [6, 6.07) is 5.38. The van der Waals surface area contributed by atoms with Crippen molar-refractivity contribution in [1.29, 1.82) is 0 Å². The quantitative estimate of drug-likeness (QED) is 0.428. The van der Waals surface area contributed by atoms with Gasteiger partial charge in [-0.2, -0.15) is 10.2 Å². The Balaban J connectivity index is 1.35. The predicted molar refractivity (Wildman–Crippen MR) is 111 cm³/mol. The molecule has 3 rings (SSSR count). The fraction of sp³-hybridized carbons (Fsp3) is 0.571. The maximum Gasteiger partial charge on any atom is 0.240 e. The zero-order valence-corrected chi connectivity index (χ0v) is 17.4. The monoisotopic (exact) mass is 416 g/mol. The summed E-state index contributed by atoms with van der Waals surface area (Å²) in [7, 11) is -3.55. The van der Waals surface area contributed by atoms with Crippen LogP contribution in [-0.2, 0) is 27.7 Å². The lowest BCUT2D eigenvalue weighted by atomic mass is 9.92. The van der Waals surface area contributed by atoms with Crippen LogP contribution in [0, 0.1) is 12.3 Å². The van der Waals surface area contributed by atoms with Crippen LogP contribution in [-0.4, -0.2) is 33.1 Å². The smallest absolute Gasteiger partial charge is 0.240 e. The molecule has 0 saturated carbocycles. The van der Waals surface area contributed by atoms with Gasteiger partial charge in [-0.15, -0.1) is 12.3 Å². The van der Waals surface area contributed by atoms with E-state index in [0.29, 0.717) is 37.1 Å². The van der Waals surface area contributed by atoms with Crippen LogP contribution >= 0.6 is 0 Å². The van der Waals surface area contributed by atoms with E-state index in [9.17, 15) is 13.2 Å². The van der Waals surface area contributed by atoms with Gasteiger partial charge in [-0.25, -0.2) is 13.1 Å². The summed E-state index contributed by atoms with van der Waals surface area (Å²) in [6.45, 7) is 0.709. The minimum atomic E-state index is -3.55. The number of benzene rings is 1. The first-order valence-electron chi connectivity index (χ1n) is 10.2. The summed E-state index contributed by atoms with van der Waals surface area (Å²) in [4.78, 5) is 12.2. The van der Waals surface area contributed by atoms with Crippen LogP contribution in [0.4, 0.5) is 0 Å². The lowest BCUT2D eigenvalue weighted by Crippen LogP contribution is -2.30. The Morgan fingerprint density at radius 3 is 2.62 bits per heavy atom. The minimum Gasteiger partial charge on any atom is -0.356 e. The van der Waals surface area contributed by atoms with Crippen LogP contribution in [0.2, 0.25) is 0 Å². The van der Waals surface area contributed by atoms with Gasteiger partial charge in [0, 0.05) is 38.8 Å². The van der Waals surface area contributed by atoms with Gasteiger partial charge >= 0.3 is 0 Å². The number of nitrogens with one attached hydrogen (secondary N) is 2. The molecule has 0 fully saturated rings. The number of hydrogen-bond acceptors (Lipinski definition) is 5. The highest BCUT2D eigenvalue weighted by Crippen LogP contribution is 2.36. The van der Waals surface area contributed by atoms with Crippen molar-refractivity contribution in [3.05, 3.63) is 29.3 Å². The van der Waals surface area contributed by atoms with Gasteiger partial charge in [-0.05, 0) is 55.4 Å². The fourth-order valence-electron chi connectivity index (χ4n) is 3.57. The highest BCUT2D eigenvalue weighted by Gasteiger charge is 2.38. The van der Waals surface area contributed by atoms with E-state index < -0.39 is 15.7 Å². The van der Waals surface area contributed by atoms with Gasteiger partial charge in [0.1, 0.15) is 0 Å². The number of sulfonamides is 1. The number of carbonyl (C=O) groups is 1. The van der Waals surface area contributed by atoms with Crippen molar-refractivity contribution in [2.24, 2.45) is 10.2 Å². The molecule has 0 atom stereocenters. The van der Waals surface area contributed by atoms with Crippen molar-refractivity contribution in [3.8, 4) is 12.3 Å². The molecular weight excluding hydrogens is 388 g/mol. The SMILES string of the molecule is C#CCCC1(CCNC(=O)CCCNS(=O)(=O)c2ccc3c(c2)CCCC3)N=N1. The molecule has 29 heavy (non-hydrogen) atoms. The molecule has 1 aromatic carbocycles. The third kappa shape index (κ3) is 6.12. The predicted octanol–water partition coefficient (Wildman–Crippen LogP) is 2.71. The largest absolute Gasteiger partial charge is 0.356 e. The number of terminal acetylenes is 1. The van der Waals surface area contributed by atoms with E-state index in [0.717, 1.165) is 31.2 Å². The number of fused-ring (bicyclic) bond motifs is 1. The van der Waals surface area contributed by atoms with Gasteiger partial charge in [0.25, 0.3) is 0 Å². The van der Waals surface area contributed by atoms with E-state index in [1.165, 1.54) is 5.56 Å². The normalized spacial score (nSPS) is 16.7. The molecule has 0 bridgehead atoms. The second-order valence-electron chi connectivity index (χ2n) is 7.63. The molecule has 7 nitrogen and oxygen atoms in total. The van der Waals surface area contributed by atoms with Crippen molar-refractivity contribution in [2.45, 2.75) is 68.3 Å². The van der Waals surface area contributed by atoms with Gasteiger partial charge in [-0.3, -0.25) is 4.79 Å². The minimum absolute atomic E-state index is 0.106. The first-order chi connectivity index (χ1) is 13.9. The van der Waals surface area contributed by atoms with Crippen LogP contribution in [0.3, 0.4) is 0 Å². The Hall–Kier alpha value is -2.24. The zero-order valence-electron chi connectivity index (χ0n) is 16.6. The second kappa shape index (κ2) is 9.51. The zero-order chi connectivity index (χ0) is 20.7. The molecule has 0 saturated heterocycles. The molecule has 1 amide bonds. The molecule has 0 radical (unpaired) electrons. The summed E-state index contributed by atoms with van der Waals surface area (Å²) >= 11 is 0. The van der Waals surface area contributed by atoms with Crippen molar-refractivity contribution >= 4 is 15.9 Å². The van der Waals surface area contributed by atoms with E-state index in [4.69, 9.17) is 6.42 Å². The highest BCUT2D eigenvalue weighted by molar-refractivity contribution is 7.89. The number of rotatable bonds is 11. The van der Waals surface area contributed by atoms with E-state index in [2.05, 4.69) is 26.2 Å². The first kappa shape index (κ1) is 21.5. The Labute approximate surface area is 172 Å². The maximum absolute atomic E-state index is 12.5. The van der Waals surface area contributed by atoms with Crippen LogP contribution < -0.4 is 10.0 Å². The van der Waals surface area contributed by atoms with Crippen molar-refractivity contribution in [1.82, 2.24) is 10.0 Å². The van der Waals surface area contributed by atoms with Crippen molar-refractivity contribution in [3.63, 3.8) is 0 Å². The Morgan fingerprint density at radius 1 is 1.14 bits per heavy atom. The molecule has 0 unspecified atom stereocenters. The molecular formula is C21H28N4O3S. The molecule has 156 valence electrons. The van der Waals surface area contributed by atoms with E-state index in [-0.39, 0.29) is 18.9 Å². The summed E-state index contributed by atoms with van der Waals surface area (Å²) in [5.41, 5.74) is 1.98. The Bertz CT molecular complexity index is 912.